The van der Waals surface area contributed by atoms with Gasteiger partial charge in [0.05, 0.1) is 26.2 Å². The van der Waals surface area contributed by atoms with Crippen molar-refractivity contribution in [1.82, 2.24) is 4.90 Å². The van der Waals surface area contributed by atoms with Crippen molar-refractivity contribution in [1.29, 1.82) is 0 Å². The van der Waals surface area contributed by atoms with E-state index in [0.717, 1.165) is 0 Å². The molecule has 0 saturated carbocycles. The molecule has 0 aromatic rings. The second-order valence-corrected chi connectivity index (χ2v) is 3.67. The molecular weight excluding hydrogens is 160 g/mol. The highest BCUT2D eigenvalue weighted by molar-refractivity contribution is 4.69. The summed E-state index contributed by atoms with van der Waals surface area (Å²) in [5, 5.41) is 0. The molecule has 0 radical (unpaired) electrons. The van der Waals surface area contributed by atoms with Gasteiger partial charge in [0.25, 0.3) is 0 Å². The summed E-state index contributed by atoms with van der Waals surface area (Å²) in [7, 11) is 0. The van der Waals surface area contributed by atoms with Gasteiger partial charge in [-0.1, -0.05) is 0 Å². The van der Waals surface area contributed by atoms with E-state index < -0.39 is 0 Å². The van der Waals surface area contributed by atoms with Gasteiger partial charge in [0, 0.05) is 19.6 Å². The first-order chi connectivity index (χ1) is 4.85. The molecule has 0 amide bonds. The Bertz CT molecular complexity index is 116. The first kappa shape index (κ1) is 9.30. The number of halogens is 1. The van der Waals surface area contributed by atoms with Crippen LogP contribution in [0.5, 0.6) is 0 Å². The molecule has 0 aromatic carbocycles. The van der Waals surface area contributed by atoms with Crippen molar-refractivity contribution in [2.75, 3.05) is 45.8 Å². The Morgan fingerprint density at radius 3 is 1.82 bits per heavy atom. The summed E-state index contributed by atoms with van der Waals surface area (Å²) in [6, 6.07) is 0. The number of quaternary nitrogens is 1. The van der Waals surface area contributed by atoms with E-state index in [1.165, 1.54) is 50.3 Å². The van der Waals surface area contributed by atoms with Crippen LogP contribution in [0.15, 0.2) is 0 Å². The summed E-state index contributed by atoms with van der Waals surface area (Å²) in [6.45, 7) is 12.0. The van der Waals surface area contributed by atoms with Gasteiger partial charge in [0.1, 0.15) is 0 Å². The van der Waals surface area contributed by atoms with Crippen molar-refractivity contribution in [2.45, 2.75) is 6.92 Å². The topological polar surface area (TPSA) is 3.24 Å². The highest BCUT2D eigenvalue weighted by Gasteiger charge is 2.36. The van der Waals surface area contributed by atoms with Gasteiger partial charge in [0.15, 0.2) is 0 Å². The Kier molecular flexibility index (Phi) is 2.79. The summed E-state index contributed by atoms with van der Waals surface area (Å²) in [4.78, 5) is 2.59. The maximum absolute atomic E-state index is 2.59. The van der Waals surface area contributed by atoms with Crippen molar-refractivity contribution in [3.8, 4) is 0 Å². The minimum Gasteiger partial charge on any atom is -1.00 e. The second-order valence-electron chi connectivity index (χ2n) is 3.67. The van der Waals surface area contributed by atoms with E-state index in [0.29, 0.717) is 0 Å². The number of hydrogen-bond acceptors (Lipinski definition) is 1. The number of rotatable bonds is 1. The lowest BCUT2D eigenvalue weighted by Crippen LogP contribution is -3.00. The molecule has 3 heteroatoms. The van der Waals surface area contributed by atoms with Crippen molar-refractivity contribution < 1.29 is 16.9 Å². The monoisotopic (exact) mass is 176 g/mol. The molecule has 3 aliphatic heterocycles. The van der Waals surface area contributed by atoms with Crippen LogP contribution in [-0.4, -0.2) is 55.2 Å². The minimum atomic E-state index is 0. The largest absolute Gasteiger partial charge is 1.00 e. The van der Waals surface area contributed by atoms with Gasteiger partial charge in [-0.05, 0) is 6.92 Å². The van der Waals surface area contributed by atoms with Crippen LogP contribution in [0.3, 0.4) is 0 Å². The Hall–Kier alpha value is 0.210. The van der Waals surface area contributed by atoms with E-state index in [4.69, 9.17) is 0 Å². The van der Waals surface area contributed by atoms with Crippen LogP contribution in [0, 0.1) is 0 Å². The molecular formula is C8H17ClN2. The molecule has 3 heterocycles. The van der Waals surface area contributed by atoms with Crippen molar-refractivity contribution in [3.05, 3.63) is 0 Å². The van der Waals surface area contributed by atoms with E-state index in [-0.39, 0.29) is 12.4 Å². The minimum absolute atomic E-state index is 0. The summed E-state index contributed by atoms with van der Waals surface area (Å²) in [5.74, 6) is 0. The Balaban J connectivity index is 0.000000605. The summed E-state index contributed by atoms with van der Waals surface area (Å²) in [6.07, 6.45) is 0. The number of piperazine rings is 3. The van der Waals surface area contributed by atoms with Crippen LogP contribution < -0.4 is 12.4 Å². The zero-order valence-corrected chi connectivity index (χ0v) is 7.98. The molecule has 66 valence electrons. The number of likely N-dealkylation sites (N-methyl/N-ethyl adjacent to an activating group) is 1. The fraction of sp³-hybridized carbons (Fsp3) is 1.00. The average molecular weight is 177 g/mol. The molecule has 0 spiro atoms. The van der Waals surface area contributed by atoms with Crippen LogP contribution in [-0.2, 0) is 0 Å². The normalized spacial score (nSPS) is 41.7. The maximum Gasteiger partial charge on any atom is 0.0916 e. The predicted octanol–water partition coefficient (Wildman–Crippen LogP) is -2.84. The van der Waals surface area contributed by atoms with Gasteiger partial charge < -0.3 is 16.9 Å². The standard InChI is InChI=1S/C8H17N2.ClH/c1-2-10-6-3-9(4-7-10)5-8-10;/h2-8H2,1H3;1H/q+1;/p-1. The van der Waals surface area contributed by atoms with Crippen LogP contribution in [0.2, 0.25) is 0 Å². The third kappa shape index (κ3) is 1.53. The van der Waals surface area contributed by atoms with Crippen molar-refractivity contribution in [3.63, 3.8) is 0 Å². The quantitative estimate of drug-likeness (QED) is 0.389. The molecule has 11 heavy (non-hydrogen) atoms. The Morgan fingerprint density at radius 2 is 1.55 bits per heavy atom. The molecule has 3 fully saturated rings. The number of fused-ring (bicyclic) bond motifs is 3. The van der Waals surface area contributed by atoms with E-state index in [1.54, 1.807) is 0 Å². The highest BCUT2D eigenvalue weighted by atomic mass is 35.5. The maximum atomic E-state index is 2.59. The van der Waals surface area contributed by atoms with Crippen LogP contribution >= 0.6 is 0 Å². The second kappa shape index (κ2) is 3.30. The van der Waals surface area contributed by atoms with Crippen LogP contribution in [0.25, 0.3) is 0 Å². The van der Waals surface area contributed by atoms with Gasteiger partial charge in [-0.15, -0.1) is 0 Å². The predicted molar refractivity (Wildman–Crippen MR) is 41.8 cm³/mol. The fourth-order valence-electron chi connectivity index (χ4n) is 2.21. The van der Waals surface area contributed by atoms with E-state index >= 15 is 0 Å². The average Bonchev–Trinajstić information content (AvgIpc) is 2.08. The van der Waals surface area contributed by atoms with Gasteiger partial charge in [-0.2, -0.15) is 0 Å². The summed E-state index contributed by atoms with van der Waals surface area (Å²) in [5.41, 5.74) is 0. The summed E-state index contributed by atoms with van der Waals surface area (Å²) < 4.78 is 1.41. The lowest BCUT2D eigenvalue weighted by molar-refractivity contribution is -0.939. The Morgan fingerprint density at radius 1 is 1.09 bits per heavy atom. The van der Waals surface area contributed by atoms with Gasteiger partial charge in [-0.25, -0.2) is 0 Å². The van der Waals surface area contributed by atoms with Gasteiger partial charge in [-0.3, -0.25) is 4.90 Å². The smallest absolute Gasteiger partial charge is 0.0916 e. The fourth-order valence-corrected chi connectivity index (χ4v) is 2.21. The van der Waals surface area contributed by atoms with Gasteiger partial charge in [0.2, 0.25) is 0 Å². The third-order valence-electron chi connectivity index (χ3n) is 3.34. The molecule has 0 unspecified atom stereocenters. The summed E-state index contributed by atoms with van der Waals surface area (Å²) >= 11 is 0. The van der Waals surface area contributed by atoms with Gasteiger partial charge >= 0.3 is 0 Å². The third-order valence-corrected chi connectivity index (χ3v) is 3.34. The molecule has 0 aliphatic carbocycles. The van der Waals surface area contributed by atoms with E-state index in [9.17, 15) is 0 Å². The molecule has 3 rings (SSSR count). The molecule has 0 atom stereocenters. The molecule has 3 saturated heterocycles. The first-order valence-corrected chi connectivity index (χ1v) is 4.42. The molecule has 3 aliphatic rings. The van der Waals surface area contributed by atoms with Crippen molar-refractivity contribution >= 4 is 0 Å². The first-order valence-electron chi connectivity index (χ1n) is 4.42. The molecule has 0 N–H and O–H groups in total. The number of hydrogen-bond donors (Lipinski definition) is 0. The lowest BCUT2D eigenvalue weighted by Gasteiger charge is -2.50. The lowest BCUT2D eigenvalue weighted by atomic mass is 10.1. The van der Waals surface area contributed by atoms with E-state index in [1.807, 2.05) is 0 Å². The van der Waals surface area contributed by atoms with Crippen LogP contribution in [0.4, 0.5) is 0 Å². The van der Waals surface area contributed by atoms with Crippen LogP contribution in [0.1, 0.15) is 6.92 Å². The Labute approximate surface area is 75.2 Å². The zero-order valence-electron chi connectivity index (χ0n) is 7.22. The number of nitrogens with zero attached hydrogens (tertiary/aromatic N) is 2. The van der Waals surface area contributed by atoms with E-state index in [2.05, 4.69) is 11.8 Å². The molecule has 2 nitrogen and oxygen atoms in total. The van der Waals surface area contributed by atoms with Crippen molar-refractivity contribution in [2.24, 2.45) is 0 Å². The zero-order chi connectivity index (χ0) is 7.03. The highest BCUT2D eigenvalue weighted by Crippen LogP contribution is 2.18. The SMILES string of the molecule is CC[N+]12CCN(CC1)CC2.[Cl-]. The molecule has 2 bridgehead atoms. The molecule has 0 aromatic heterocycles.